The monoisotopic (exact) mass is 275 g/mol. The highest BCUT2D eigenvalue weighted by Gasteiger charge is 2.13. The maximum atomic E-state index is 9.92. The van der Waals surface area contributed by atoms with Crippen molar-refractivity contribution >= 4 is 22.4 Å². The van der Waals surface area contributed by atoms with E-state index in [2.05, 4.69) is 15.4 Å². The third kappa shape index (κ3) is 2.42. The molecule has 0 aliphatic rings. The number of rotatable bonds is 2. The molecule has 1 aromatic carbocycles. The van der Waals surface area contributed by atoms with E-state index in [1.54, 1.807) is 25.2 Å². The quantitative estimate of drug-likeness (QED) is 0.384. The number of anilines is 1. The molecule has 0 unspecified atom stereocenters. The molecule has 1 heterocycles. The Labute approximate surface area is 116 Å². The number of benzene rings is 1. The van der Waals surface area contributed by atoms with Crippen molar-refractivity contribution < 1.29 is 10.2 Å². The van der Waals surface area contributed by atoms with Crippen LogP contribution < -0.4 is 5.32 Å². The number of nitrogens with zero attached hydrogens (tertiary/aromatic N) is 3. The van der Waals surface area contributed by atoms with Gasteiger partial charge in [-0.2, -0.15) is 0 Å². The van der Waals surface area contributed by atoms with E-state index in [-0.39, 0.29) is 23.8 Å². The maximum Gasteiger partial charge on any atom is 0.242 e. The molecule has 2 aromatic rings. The van der Waals surface area contributed by atoms with Crippen molar-refractivity contribution in [2.45, 2.75) is 19.9 Å². The van der Waals surface area contributed by atoms with Crippen LogP contribution in [0.2, 0.25) is 0 Å². The van der Waals surface area contributed by atoms with E-state index in [1.165, 1.54) is 4.57 Å². The molecule has 0 aliphatic carbocycles. The second-order valence-corrected chi connectivity index (χ2v) is 4.75. The van der Waals surface area contributed by atoms with E-state index < -0.39 is 0 Å². The third-order valence-corrected chi connectivity index (χ3v) is 2.88. The average molecular weight is 275 g/mol. The first-order chi connectivity index (χ1) is 9.43. The standard InChI is InChI=1S/C13H17N5O2/c1-7(2)15-13(17-14)16-8-4-5-9-10(6-8)12(20)18(3)11(9)19/h4-7,14,19-20H,1-3H3,(H,15,16). The van der Waals surface area contributed by atoms with Gasteiger partial charge in [0.1, 0.15) is 0 Å². The van der Waals surface area contributed by atoms with Crippen LogP contribution in [0.4, 0.5) is 5.69 Å². The Kier molecular flexibility index (Phi) is 3.60. The topological polar surface area (TPSA) is 106 Å². The molecule has 0 fully saturated rings. The lowest BCUT2D eigenvalue weighted by Gasteiger charge is -2.06. The summed E-state index contributed by atoms with van der Waals surface area (Å²) in [4.78, 5) is 4.15. The van der Waals surface area contributed by atoms with E-state index in [1.807, 2.05) is 13.8 Å². The van der Waals surface area contributed by atoms with Gasteiger partial charge in [-0.15, -0.1) is 5.11 Å². The first kappa shape index (κ1) is 13.9. The Morgan fingerprint density at radius 2 is 1.90 bits per heavy atom. The van der Waals surface area contributed by atoms with Crippen molar-refractivity contribution in [1.29, 1.82) is 5.53 Å². The lowest BCUT2D eigenvalue weighted by molar-refractivity contribution is 0.391. The Morgan fingerprint density at radius 3 is 2.50 bits per heavy atom. The molecule has 0 saturated heterocycles. The Balaban J connectivity index is 2.42. The fourth-order valence-electron chi connectivity index (χ4n) is 1.93. The summed E-state index contributed by atoms with van der Waals surface area (Å²) < 4.78 is 1.30. The maximum absolute atomic E-state index is 9.92. The minimum Gasteiger partial charge on any atom is -0.494 e. The summed E-state index contributed by atoms with van der Waals surface area (Å²) >= 11 is 0. The highest BCUT2D eigenvalue weighted by atomic mass is 16.3. The zero-order valence-electron chi connectivity index (χ0n) is 11.5. The first-order valence-corrected chi connectivity index (χ1v) is 6.16. The van der Waals surface area contributed by atoms with Gasteiger partial charge in [0.05, 0.1) is 0 Å². The summed E-state index contributed by atoms with van der Waals surface area (Å²) in [7, 11) is 1.57. The van der Waals surface area contributed by atoms with Crippen LogP contribution in [0.5, 0.6) is 11.8 Å². The molecule has 2 rings (SSSR count). The molecular weight excluding hydrogens is 258 g/mol. The number of guanidine groups is 1. The number of hydrogen-bond acceptors (Lipinski definition) is 4. The van der Waals surface area contributed by atoms with Crippen molar-refractivity contribution in [3.05, 3.63) is 18.2 Å². The fraction of sp³-hybridized carbons (Fsp3) is 0.308. The fourth-order valence-corrected chi connectivity index (χ4v) is 1.93. The Hall–Kier alpha value is -2.57. The molecule has 0 aliphatic heterocycles. The highest BCUT2D eigenvalue weighted by Crippen LogP contribution is 2.36. The largest absolute Gasteiger partial charge is 0.494 e. The van der Waals surface area contributed by atoms with Crippen molar-refractivity contribution in [2.75, 3.05) is 5.32 Å². The lowest BCUT2D eigenvalue weighted by Crippen LogP contribution is -2.10. The van der Waals surface area contributed by atoms with Crippen LogP contribution in [0.15, 0.2) is 28.3 Å². The molecule has 106 valence electrons. The Bertz CT molecular complexity index is 688. The van der Waals surface area contributed by atoms with Gasteiger partial charge in [-0.3, -0.25) is 4.57 Å². The van der Waals surface area contributed by atoms with Gasteiger partial charge >= 0.3 is 0 Å². The third-order valence-electron chi connectivity index (χ3n) is 2.88. The van der Waals surface area contributed by atoms with Gasteiger partial charge in [0.15, 0.2) is 0 Å². The van der Waals surface area contributed by atoms with Crippen LogP contribution in [0.25, 0.3) is 10.8 Å². The molecule has 0 saturated carbocycles. The van der Waals surface area contributed by atoms with Gasteiger partial charge in [0.2, 0.25) is 17.7 Å². The molecule has 7 nitrogen and oxygen atoms in total. The predicted molar refractivity (Wildman–Crippen MR) is 77.6 cm³/mol. The number of aromatic nitrogens is 1. The van der Waals surface area contributed by atoms with E-state index in [9.17, 15) is 10.2 Å². The van der Waals surface area contributed by atoms with Gasteiger partial charge in [0.25, 0.3) is 0 Å². The van der Waals surface area contributed by atoms with E-state index in [0.29, 0.717) is 16.5 Å². The first-order valence-electron chi connectivity index (χ1n) is 6.16. The molecule has 4 N–H and O–H groups in total. The van der Waals surface area contributed by atoms with Gasteiger partial charge in [-0.25, -0.2) is 10.5 Å². The molecule has 0 spiro atoms. The van der Waals surface area contributed by atoms with Gasteiger partial charge in [-0.1, -0.05) is 0 Å². The van der Waals surface area contributed by atoms with Crippen molar-refractivity contribution in [3.8, 4) is 11.8 Å². The Morgan fingerprint density at radius 1 is 1.25 bits per heavy atom. The van der Waals surface area contributed by atoms with Crippen molar-refractivity contribution in [2.24, 2.45) is 17.2 Å². The SMILES string of the molecule is CC(C)N=C(N=N)Nc1ccc2c(O)n(C)c(O)c2c1. The number of aliphatic imine (C=N–C) groups is 1. The summed E-state index contributed by atoms with van der Waals surface area (Å²) in [5.74, 6) is 0.176. The summed E-state index contributed by atoms with van der Waals surface area (Å²) in [5.41, 5.74) is 7.72. The van der Waals surface area contributed by atoms with Gasteiger partial charge < -0.3 is 15.5 Å². The normalized spacial score (nSPS) is 12.1. The predicted octanol–water partition coefficient (Wildman–Crippen LogP) is 2.80. The number of nitrogens with one attached hydrogen (secondary N) is 2. The molecule has 0 atom stereocenters. The minimum atomic E-state index is -0.0219. The number of aromatic hydroxyl groups is 2. The smallest absolute Gasteiger partial charge is 0.242 e. The molecule has 0 bridgehead atoms. The zero-order chi connectivity index (χ0) is 14.9. The number of fused-ring (bicyclic) bond motifs is 1. The average Bonchev–Trinajstić information content (AvgIpc) is 2.62. The van der Waals surface area contributed by atoms with Crippen molar-refractivity contribution in [3.63, 3.8) is 0 Å². The van der Waals surface area contributed by atoms with Crippen LogP contribution >= 0.6 is 0 Å². The second kappa shape index (κ2) is 5.20. The lowest BCUT2D eigenvalue weighted by atomic mass is 10.2. The van der Waals surface area contributed by atoms with Crippen LogP contribution in [0.3, 0.4) is 0 Å². The highest BCUT2D eigenvalue weighted by molar-refractivity contribution is 5.99. The summed E-state index contributed by atoms with van der Waals surface area (Å²) in [6.07, 6.45) is 0. The van der Waals surface area contributed by atoms with Gasteiger partial charge in [-0.05, 0) is 32.0 Å². The van der Waals surface area contributed by atoms with E-state index in [0.717, 1.165) is 0 Å². The van der Waals surface area contributed by atoms with Crippen LogP contribution in [-0.4, -0.2) is 26.8 Å². The summed E-state index contributed by atoms with van der Waals surface area (Å²) in [6, 6.07) is 5.10. The van der Waals surface area contributed by atoms with Crippen LogP contribution in [0, 0.1) is 5.53 Å². The van der Waals surface area contributed by atoms with Crippen LogP contribution in [-0.2, 0) is 7.05 Å². The summed E-state index contributed by atoms with van der Waals surface area (Å²) in [5, 5.41) is 27.0. The molecule has 7 heteroatoms. The molecule has 0 radical (unpaired) electrons. The van der Waals surface area contributed by atoms with Crippen molar-refractivity contribution in [1.82, 2.24) is 4.57 Å². The van der Waals surface area contributed by atoms with E-state index >= 15 is 0 Å². The second-order valence-electron chi connectivity index (χ2n) is 4.75. The zero-order valence-corrected chi connectivity index (χ0v) is 11.5. The molecule has 20 heavy (non-hydrogen) atoms. The summed E-state index contributed by atoms with van der Waals surface area (Å²) in [6.45, 7) is 3.77. The minimum absolute atomic E-state index is 0.00491. The molecule has 1 aromatic heterocycles. The molecule has 0 amide bonds. The van der Waals surface area contributed by atoms with E-state index in [4.69, 9.17) is 5.53 Å². The number of hydrogen-bond donors (Lipinski definition) is 4. The van der Waals surface area contributed by atoms with Crippen LogP contribution in [0.1, 0.15) is 13.8 Å². The molecular formula is C13H17N5O2. The van der Waals surface area contributed by atoms with Gasteiger partial charge in [0, 0.05) is 29.5 Å².